The van der Waals surface area contributed by atoms with E-state index < -0.39 is 6.10 Å². The average molecular weight is 304 g/mol. The van der Waals surface area contributed by atoms with Crippen molar-refractivity contribution < 1.29 is 10.2 Å². The van der Waals surface area contributed by atoms with Crippen LogP contribution >= 0.6 is 0 Å². The Bertz CT molecular complexity index is 516. The van der Waals surface area contributed by atoms with Crippen molar-refractivity contribution in [2.24, 2.45) is 22.7 Å². The van der Waals surface area contributed by atoms with Crippen LogP contribution in [0.25, 0.3) is 0 Å². The fourth-order valence-corrected chi connectivity index (χ4v) is 5.82. The van der Waals surface area contributed by atoms with E-state index in [2.05, 4.69) is 34.3 Å². The Morgan fingerprint density at radius 2 is 1.77 bits per heavy atom. The highest BCUT2D eigenvalue weighted by atomic mass is 16.3. The first-order valence-corrected chi connectivity index (χ1v) is 8.92. The molecule has 0 spiro atoms. The van der Waals surface area contributed by atoms with Gasteiger partial charge in [0.25, 0.3) is 0 Å². The van der Waals surface area contributed by atoms with Gasteiger partial charge in [-0.15, -0.1) is 0 Å². The third kappa shape index (κ3) is 2.22. The Balaban J connectivity index is 2.09. The van der Waals surface area contributed by atoms with E-state index in [0.717, 1.165) is 25.7 Å². The van der Waals surface area contributed by atoms with Gasteiger partial charge in [-0.05, 0) is 68.3 Å². The molecule has 0 aromatic carbocycles. The summed E-state index contributed by atoms with van der Waals surface area (Å²) in [5.74, 6) is 0.919. The summed E-state index contributed by atoms with van der Waals surface area (Å²) in [4.78, 5) is 0. The largest absolute Gasteiger partial charge is 0.393 e. The van der Waals surface area contributed by atoms with E-state index in [-0.39, 0.29) is 16.9 Å². The maximum Gasteiger partial charge on any atom is 0.0764 e. The zero-order valence-electron chi connectivity index (χ0n) is 14.7. The van der Waals surface area contributed by atoms with Crippen LogP contribution in [0.5, 0.6) is 0 Å². The van der Waals surface area contributed by atoms with Crippen LogP contribution in [0.4, 0.5) is 0 Å². The predicted molar refractivity (Wildman–Crippen MR) is 90.4 cm³/mol. The Morgan fingerprint density at radius 3 is 2.45 bits per heavy atom. The van der Waals surface area contributed by atoms with Crippen molar-refractivity contribution in [3.63, 3.8) is 0 Å². The normalized spacial score (nSPS) is 45.1. The summed E-state index contributed by atoms with van der Waals surface area (Å²) in [6, 6.07) is 0. The minimum Gasteiger partial charge on any atom is -0.393 e. The zero-order valence-corrected chi connectivity index (χ0v) is 14.7. The third-order valence-corrected chi connectivity index (χ3v) is 7.32. The summed E-state index contributed by atoms with van der Waals surface area (Å²) in [6.45, 7) is 13.3. The molecule has 2 fully saturated rings. The van der Waals surface area contributed by atoms with Crippen molar-refractivity contribution in [3.05, 3.63) is 23.3 Å². The van der Waals surface area contributed by atoms with Gasteiger partial charge in [0.05, 0.1) is 12.2 Å². The maximum atomic E-state index is 11.0. The molecule has 0 aliphatic heterocycles. The van der Waals surface area contributed by atoms with E-state index in [4.69, 9.17) is 0 Å². The molecule has 124 valence electrons. The highest BCUT2D eigenvalue weighted by Crippen LogP contribution is 2.58. The molecule has 3 rings (SSSR count). The van der Waals surface area contributed by atoms with E-state index in [1.54, 1.807) is 0 Å². The zero-order chi connectivity index (χ0) is 16.3. The molecule has 2 bridgehead atoms. The second-order valence-electron chi connectivity index (χ2n) is 8.88. The van der Waals surface area contributed by atoms with Gasteiger partial charge >= 0.3 is 0 Å². The van der Waals surface area contributed by atoms with Crippen LogP contribution in [0.15, 0.2) is 23.3 Å². The lowest BCUT2D eigenvalue weighted by Crippen LogP contribution is -2.51. The first-order chi connectivity index (χ1) is 10.2. The number of hydrogen-bond donors (Lipinski definition) is 2. The van der Waals surface area contributed by atoms with Gasteiger partial charge in [-0.1, -0.05) is 38.5 Å². The molecule has 0 aromatic rings. The highest BCUT2D eigenvalue weighted by molar-refractivity contribution is 5.30. The van der Waals surface area contributed by atoms with Crippen LogP contribution < -0.4 is 0 Å². The van der Waals surface area contributed by atoms with Crippen molar-refractivity contribution in [2.75, 3.05) is 0 Å². The van der Waals surface area contributed by atoms with Crippen LogP contribution in [0, 0.1) is 22.7 Å². The number of hydrogen-bond acceptors (Lipinski definition) is 2. The van der Waals surface area contributed by atoms with Crippen LogP contribution in [-0.4, -0.2) is 22.4 Å². The quantitative estimate of drug-likeness (QED) is 0.658. The predicted octanol–water partition coefficient (Wildman–Crippen LogP) is 4.23. The molecule has 0 saturated heterocycles. The SMILES string of the molecule is C=C1CC[C@H](O)[C@@]2(C)C[C@H](O)C3=C(C)CC[C@@H](C[C@H]12)C3(C)C. The van der Waals surface area contributed by atoms with Gasteiger partial charge in [0.2, 0.25) is 0 Å². The van der Waals surface area contributed by atoms with Crippen molar-refractivity contribution in [3.8, 4) is 0 Å². The Morgan fingerprint density at radius 1 is 1.09 bits per heavy atom. The molecule has 3 aliphatic carbocycles. The fraction of sp³-hybridized carbons (Fsp3) is 0.800. The van der Waals surface area contributed by atoms with Gasteiger partial charge < -0.3 is 10.2 Å². The lowest BCUT2D eigenvalue weighted by molar-refractivity contribution is -0.0705. The van der Waals surface area contributed by atoms with E-state index in [0.29, 0.717) is 18.3 Å². The van der Waals surface area contributed by atoms with Crippen LogP contribution in [0.3, 0.4) is 0 Å². The first kappa shape index (κ1) is 16.3. The summed E-state index contributed by atoms with van der Waals surface area (Å²) in [5, 5.41) is 21.7. The van der Waals surface area contributed by atoms with Crippen molar-refractivity contribution in [2.45, 2.75) is 78.4 Å². The van der Waals surface area contributed by atoms with Crippen molar-refractivity contribution >= 4 is 0 Å². The number of aliphatic hydroxyl groups excluding tert-OH is 2. The lowest BCUT2D eigenvalue weighted by Gasteiger charge is -2.55. The van der Waals surface area contributed by atoms with E-state index in [1.165, 1.54) is 23.1 Å². The summed E-state index contributed by atoms with van der Waals surface area (Å²) in [5.41, 5.74) is 3.76. The summed E-state index contributed by atoms with van der Waals surface area (Å²) in [6.07, 6.45) is 5.08. The fourth-order valence-electron chi connectivity index (χ4n) is 5.82. The van der Waals surface area contributed by atoms with Crippen molar-refractivity contribution in [1.82, 2.24) is 0 Å². The molecule has 3 aliphatic rings. The molecule has 2 saturated carbocycles. The Kier molecular flexibility index (Phi) is 3.85. The standard InChI is InChI=1S/C20H32O2/c1-12-7-9-17(22)20(5)11-16(21)18-13(2)6-8-14(10-15(12)20)19(18,3)4/h14-17,21-22H,1,6-11H2,2-5H3/t14-,15+,16-,17-,20-/m0/s1. The molecular formula is C20H32O2. The van der Waals surface area contributed by atoms with Gasteiger partial charge in [0.1, 0.15) is 0 Å². The van der Waals surface area contributed by atoms with Crippen molar-refractivity contribution in [1.29, 1.82) is 0 Å². The summed E-state index contributed by atoms with van der Waals surface area (Å²) in [7, 11) is 0. The molecule has 0 heterocycles. The molecule has 2 nitrogen and oxygen atoms in total. The second-order valence-corrected chi connectivity index (χ2v) is 8.88. The number of fused-ring (bicyclic) bond motifs is 3. The van der Waals surface area contributed by atoms with Crippen LogP contribution in [0.2, 0.25) is 0 Å². The minimum atomic E-state index is -0.425. The molecule has 0 aromatic heterocycles. The third-order valence-electron chi connectivity index (χ3n) is 7.32. The average Bonchev–Trinajstić information content (AvgIpc) is 2.40. The minimum absolute atomic E-state index is 0.0613. The second kappa shape index (κ2) is 5.21. The van der Waals surface area contributed by atoms with Gasteiger partial charge in [-0.25, -0.2) is 0 Å². The van der Waals surface area contributed by atoms with E-state index >= 15 is 0 Å². The van der Waals surface area contributed by atoms with Gasteiger partial charge in [-0.2, -0.15) is 0 Å². The molecule has 0 unspecified atom stereocenters. The summed E-state index contributed by atoms with van der Waals surface area (Å²) >= 11 is 0. The summed E-state index contributed by atoms with van der Waals surface area (Å²) < 4.78 is 0. The molecule has 5 atom stereocenters. The van der Waals surface area contributed by atoms with Crippen LogP contribution in [-0.2, 0) is 0 Å². The van der Waals surface area contributed by atoms with E-state index in [1.807, 2.05) is 0 Å². The monoisotopic (exact) mass is 304 g/mol. The lowest BCUT2D eigenvalue weighted by atomic mass is 9.51. The maximum absolute atomic E-state index is 11.0. The molecule has 22 heavy (non-hydrogen) atoms. The number of aliphatic hydroxyl groups is 2. The highest BCUT2D eigenvalue weighted by Gasteiger charge is 2.52. The molecular weight excluding hydrogens is 272 g/mol. The molecule has 2 N–H and O–H groups in total. The Labute approximate surface area is 135 Å². The molecule has 2 heteroatoms. The van der Waals surface area contributed by atoms with Crippen LogP contribution in [0.1, 0.15) is 66.2 Å². The first-order valence-electron chi connectivity index (χ1n) is 8.92. The molecule has 0 radical (unpaired) electrons. The molecule has 0 amide bonds. The van der Waals surface area contributed by atoms with Gasteiger partial charge in [0.15, 0.2) is 0 Å². The topological polar surface area (TPSA) is 40.5 Å². The smallest absolute Gasteiger partial charge is 0.0764 e. The van der Waals surface area contributed by atoms with Gasteiger partial charge in [0, 0.05) is 5.41 Å². The van der Waals surface area contributed by atoms with Gasteiger partial charge in [-0.3, -0.25) is 0 Å². The number of rotatable bonds is 0. The van der Waals surface area contributed by atoms with E-state index in [9.17, 15) is 10.2 Å². The number of allylic oxidation sites excluding steroid dienone is 2. The Hall–Kier alpha value is -0.600.